The number of fused-ring (bicyclic) bond motifs is 2. The molecule has 1 heterocycles. The lowest BCUT2D eigenvalue weighted by molar-refractivity contribution is 0.0953. The second-order valence-electron chi connectivity index (χ2n) is 7.00. The molecule has 0 bridgehead atoms. The summed E-state index contributed by atoms with van der Waals surface area (Å²) in [5, 5.41) is 2.97. The van der Waals surface area contributed by atoms with Crippen LogP contribution in [0.25, 0.3) is 11.6 Å². The molecule has 0 radical (unpaired) electrons. The van der Waals surface area contributed by atoms with E-state index in [2.05, 4.69) is 18.3 Å². The van der Waals surface area contributed by atoms with Crippen molar-refractivity contribution in [3.05, 3.63) is 94.8 Å². The lowest BCUT2D eigenvalue weighted by Crippen LogP contribution is -2.24. The van der Waals surface area contributed by atoms with Gasteiger partial charge in [-0.2, -0.15) is 0 Å². The molecular formula is C25H24FNOS. The van der Waals surface area contributed by atoms with E-state index in [0.717, 1.165) is 39.3 Å². The number of hydrogen-bond donors (Lipinski definition) is 1. The van der Waals surface area contributed by atoms with Crippen LogP contribution in [-0.4, -0.2) is 12.5 Å². The highest BCUT2D eigenvalue weighted by Gasteiger charge is 2.20. The van der Waals surface area contributed by atoms with E-state index in [1.807, 2.05) is 48.5 Å². The highest BCUT2D eigenvalue weighted by Crippen LogP contribution is 2.43. The Balaban J connectivity index is 0.00000256. The summed E-state index contributed by atoms with van der Waals surface area (Å²) in [6.07, 6.45) is 3.99. The van der Waals surface area contributed by atoms with E-state index < -0.39 is 0 Å². The smallest absolute Gasteiger partial charge is 0.251 e. The van der Waals surface area contributed by atoms with E-state index in [1.165, 1.54) is 6.07 Å². The first-order valence-electron chi connectivity index (χ1n) is 9.83. The topological polar surface area (TPSA) is 29.1 Å². The van der Waals surface area contributed by atoms with Crippen molar-refractivity contribution in [1.29, 1.82) is 0 Å². The predicted molar refractivity (Wildman–Crippen MR) is 120 cm³/mol. The van der Waals surface area contributed by atoms with Crippen molar-refractivity contribution < 1.29 is 10.6 Å². The van der Waals surface area contributed by atoms with Gasteiger partial charge in [-0.15, -0.1) is 0 Å². The summed E-state index contributed by atoms with van der Waals surface area (Å²) >= 11 is 1.64. The third-order valence-corrected chi connectivity index (χ3v) is 6.12. The van der Waals surface area contributed by atoms with Crippen molar-refractivity contribution in [2.75, 3.05) is 6.54 Å². The molecule has 1 N–H and O–H groups in total. The molecule has 1 aliphatic heterocycles. The van der Waals surface area contributed by atoms with Crippen LogP contribution in [0.15, 0.2) is 76.5 Å². The molecule has 0 fully saturated rings. The van der Waals surface area contributed by atoms with Crippen LogP contribution < -0.4 is 5.32 Å². The molecule has 0 aromatic heterocycles. The number of unbranched alkanes of at least 4 members (excludes halogenated alkanes) is 1. The van der Waals surface area contributed by atoms with Crippen LogP contribution in [0.5, 0.6) is 0 Å². The molecule has 1 amide bonds. The van der Waals surface area contributed by atoms with E-state index in [9.17, 15) is 9.18 Å². The van der Waals surface area contributed by atoms with Crippen molar-refractivity contribution in [2.24, 2.45) is 0 Å². The first-order chi connectivity index (χ1) is 14.2. The second kappa shape index (κ2) is 8.66. The maximum Gasteiger partial charge on any atom is 0.251 e. The number of nitrogens with one attached hydrogen (secondary N) is 1. The minimum Gasteiger partial charge on any atom is -0.352 e. The average Bonchev–Trinajstić information content (AvgIpc) is 2.90. The first-order valence-corrected chi connectivity index (χ1v) is 10.6. The zero-order valence-electron chi connectivity index (χ0n) is 16.2. The number of carbonyl (C=O) groups excluding carboxylic acids is 1. The second-order valence-corrected chi connectivity index (χ2v) is 8.08. The lowest BCUT2D eigenvalue weighted by atomic mass is 9.95. The number of benzene rings is 3. The molecule has 4 heteroatoms. The van der Waals surface area contributed by atoms with Gasteiger partial charge in [-0.3, -0.25) is 4.79 Å². The summed E-state index contributed by atoms with van der Waals surface area (Å²) in [4.78, 5) is 14.6. The van der Waals surface area contributed by atoms with Crippen LogP contribution in [0, 0.1) is 5.82 Å². The fourth-order valence-electron chi connectivity index (χ4n) is 3.41. The Morgan fingerprint density at radius 1 is 1.00 bits per heavy atom. The molecule has 0 atom stereocenters. The van der Waals surface area contributed by atoms with Gasteiger partial charge in [0.1, 0.15) is 5.82 Å². The summed E-state index contributed by atoms with van der Waals surface area (Å²) in [5.74, 6) is -0.329. The van der Waals surface area contributed by atoms with E-state index in [1.54, 1.807) is 23.9 Å². The molecule has 29 heavy (non-hydrogen) atoms. The molecule has 3 aromatic carbocycles. The summed E-state index contributed by atoms with van der Waals surface area (Å²) in [5.41, 5.74) is 3.93. The van der Waals surface area contributed by atoms with Gasteiger partial charge in [-0.1, -0.05) is 61.5 Å². The zero-order chi connectivity index (χ0) is 20.2. The van der Waals surface area contributed by atoms with Gasteiger partial charge in [0.05, 0.1) is 0 Å². The standard InChI is InChI=1S/C25H22FNOS.H2/c1-2-3-14-27-25(28)17-12-13-23-18(15-17)16-21(19-8-4-6-10-22(19)26)20-9-5-7-11-24(20)29-23;/h4-13,15-16H,2-3,14H2,1H3,(H,27,28);1H. The zero-order valence-corrected chi connectivity index (χ0v) is 17.1. The molecular weight excluding hydrogens is 381 g/mol. The predicted octanol–water partition coefficient (Wildman–Crippen LogP) is 6.66. The van der Waals surface area contributed by atoms with Crippen molar-refractivity contribution in [3.8, 4) is 0 Å². The van der Waals surface area contributed by atoms with Crippen LogP contribution in [-0.2, 0) is 0 Å². The van der Waals surface area contributed by atoms with Crippen LogP contribution in [0.4, 0.5) is 4.39 Å². The Kier molecular flexibility index (Phi) is 5.81. The molecule has 0 saturated carbocycles. The Morgan fingerprint density at radius 3 is 2.55 bits per heavy atom. The first kappa shape index (κ1) is 19.5. The third kappa shape index (κ3) is 4.13. The molecule has 2 nitrogen and oxygen atoms in total. The fraction of sp³-hybridized carbons (Fsp3) is 0.160. The van der Waals surface area contributed by atoms with Crippen molar-refractivity contribution in [2.45, 2.75) is 29.6 Å². The van der Waals surface area contributed by atoms with Crippen LogP contribution in [0.3, 0.4) is 0 Å². The van der Waals surface area contributed by atoms with Gasteiger partial charge in [0.2, 0.25) is 0 Å². The summed E-state index contributed by atoms with van der Waals surface area (Å²) in [6, 6.07) is 20.6. The molecule has 4 rings (SSSR count). The summed E-state index contributed by atoms with van der Waals surface area (Å²) in [7, 11) is 0. The van der Waals surface area contributed by atoms with Gasteiger partial charge in [-0.25, -0.2) is 4.39 Å². The van der Waals surface area contributed by atoms with E-state index in [-0.39, 0.29) is 13.2 Å². The highest BCUT2D eigenvalue weighted by molar-refractivity contribution is 7.99. The molecule has 0 aliphatic carbocycles. The van der Waals surface area contributed by atoms with Crippen molar-refractivity contribution in [1.82, 2.24) is 5.32 Å². The van der Waals surface area contributed by atoms with E-state index in [4.69, 9.17) is 0 Å². The SMILES string of the molecule is CCCCNC(=O)c1ccc2c(c1)C=C(c1ccccc1F)c1ccccc1S2.[HH]. The molecule has 0 spiro atoms. The highest BCUT2D eigenvalue weighted by atomic mass is 32.2. The molecule has 148 valence electrons. The minimum atomic E-state index is -0.254. The molecule has 0 saturated heterocycles. The van der Waals surface area contributed by atoms with Crippen molar-refractivity contribution >= 4 is 29.3 Å². The number of halogens is 1. The molecule has 1 aliphatic rings. The number of rotatable bonds is 5. The fourth-order valence-corrected chi connectivity index (χ4v) is 4.45. The Labute approximate surface area is 176 Å². The van der Waals surface area contributed by atoms with Gasteiger partial charge in [0.25, 0.3) is 5.91 Å². The van der Waals surface area contributed by atoms with Crippen LogP contribution >= 0.6 is 11.8 Å². The van der Waals surface area contributed by atoms with E-state index in [0.29, 0.717) is 17.7 Å². The normalized spacial score (nSPS) is 12.4. The number of carbonyl (C=O) groups is 1. The Hall–Kier alpha value is -2.85. The van der Waals surface area contributed by atoms with Gasteiger partial charge < -0.3 is 5.32 Å². The molecule has 0 unspecified atom stereocenters. The van der Waals surface area contributed by atoms with Crippen LogP contribution in [0.1, 0.15) is 48.2 Å². The van der Waals surface area contributed by atoms with Gasteiger partial charge in [-0.05, 0) is 59.5 Å². The van der Waals surface area contributed by atoms with Crippen molar-refractivity contribution in [3.63, 3.8) is 0 Å². The molecule has 3 aromatic rings. The van der Waals surface area contributed by atoms with Gasteiger partial charge in [0, 0.05) is 28.9 Å². The van der Waals surface area contributed by atoms with Crippen LogP contribution in [0.2, 0.25) is 0 Å². The largest absolute Gasteiger partial charge is 0.352 e. The summed E-state index contributed by atoms with van der Waals surface area (Å²) in [6.45, 7) is 2.77. The Bertz CT molecular complexity index is 1100. The Morgan fingerprint density at radius 2 is 1.76 bits per heavy atom. The lowest BCUT2D eigenvalue weighted by Gasteiger charge is -2.11. The average molecular weight is 406 g/mol. The monoisotopic (exact) mass is 405 g/mol. The quantitative estimate of drug-likeness (QED) is 0.376. The number of hydrogen-bond acceptors (Lipinski definition) is 2. The third-order valence-electron chi connectivity index (χ3n) is 4.95. The minimum absolute atomic E-state index is 0. The number of amides is 1. The maximum absolute atomic E-state index is 14.6. The maximum atomic E-state index is 14.6. The van der Waals surface area contributed by atoms with Gasteiger partial charge >= 0.3 is 0 Å². The van der Waals surface area contributed by atoms with E-state index >= 15 is 0 Å². The summed E-state index contributed by atoms with van der Waals surface area (Å²) < 4.78 is 14.6. The van der Waals surface area contributed by atoms with Gasteiger partial charge in [0.15, 0.2) is 0 Å².